The number of para-hydroxylation sites is 1. The first-order chi connectivity index (χ1) is 21.1. The molecular formula is C36H39N3O3P+. The lowest BCUT2D eigenvalue weighted by molar-refractivity contribution is 0.176. The van der Waals surface area contributed by atoms with Crippen LogP contribution >= 0.6 is 8.03 Å². The zero-order valence-electron chi connectivity index (χ0n) is 24.7. The number of aromatic amines is 1. The normalized spacial score (nSPS) is 14.7. The highest BCUT2D eigenvalue weighted by atomic mass is 31.1. The highest BCUT2D eigenvalue weighted by Crippen LogP contribution is 2.30. The largest absolute Gasteiger partial charge is 0.512 e. The van der Waals surface area contributed by atoms with Gasteiger partial charge in [0.2, 0.25) is 6.16 Å². The van der Waals surface area contributed by atoms with Crippen molar-refractivity contribution in [2.75, 3.05) is 19.7 Å². The van der Waals surface area contributed by atoms with Crippen LogP contribution in [-0.2, 0) is 34.8 Å². The molecule has 2 heterocycles. The highest BCUT2D eigenvalue weighted by Gasteiger charge is 2.21. The number of hydrogen-bond acceptors (Lipinski definition) is 5. The minimum absolute atomic E-state index is 0.430. The number of piperidine rings is 1. The molecule has 0 saturated carbocycles. The van der Waals surface area contributed by atoms with Crippen LogP contribution in [0.2, 0.25) is 0 Å². The second-order valence-corrected chi connectivity index (χ2v) is 12.6. The second kappa shape index (κ2) is 14.1. The van der Waals surface area contributed by atoms with Crippen LogP contribution in [0.4, 0.5) is 0 Å². The van der Waals surface area contributed by atoms with Crippen LogP contribution in [0.1, 0.15) is 42.0 Å². The number of fused-ring (bicyclic) bond motifs is 1. The second-order valence-electron chi connectivity index (χ2n) is 11.4. The minimum Gasteiger partial charge on any atom is -0.489 e. The molecule has 1 N–H and O–H groups in total. The van der Waals surface area contributed by atoms with Gasteiger partial charge in [0.15, 0.2) is 0 Å². The zero-order chi connectivity index (χ0) is 29.4. The molecule has 1 saturated heterocycles. The number of benzene rings is 4. The molecule has 1 unspecified atom stereocenters. The average Bonchev–Trinajstić information content (AvgIpc) is 3.46. The molecule has 0 bridgehead atoms. The molecule has 1 aromatic heterocycles. The Hall–Kier alpha value is -3.83. The molecule has 0 spiro atoms. The summed E-state index contributed by atoms with van der Waals surface area (Å²) in [4.78, 5) is 10.9. The Balaban J connectivity index is 1.01. The summed E-state index contributed by atoms with van der Waals surface area (Å²) >= 11 is 0. The Morgan fingerprint density at radius 3 is 2.51 bits per heavy atom. The third-order valence-electron chi connectivity index (χ3n) is 8.16. The van der Waals surface area contributed by atoms with Crippen molar-refractivity contribution in [1.29, 1.82) is 0 Å². The van der Waals surface area contributed by atoms with Gasteiger partial charge < -0.3 is 9.72 Å². The number of aromatic nitrogens is 2. The van der Waals surface area contributed by atoms with Crippen molar-refractivity contribution in [2.24, 2.45) is 5.92 Å². The van der Waals surface area contributed by atoms with E-state index in [1.807, 2.05) is 43.3 Å². The van der Waals surface area contributed by atoms with Gasteiger partial charge >= 0.3 is 8.03 Å². The lowest BCUT2D eigenvalue weighted by Crippen LogP contribution is -2.33. The smallest absolute Gasteiger partial charge is 0.489 e. The van der Waals surface area contributed by atoms with Crippen LogP contribution in [0.5, 0.6) is 5.75 Å². The Labute approximate surface area is 254 Å². The first-order valence-corrected chi connectivity index (χ1v) is 16.6. The van der Waals surface area contributed by atoms with Crippen molar-refractivity contribution in [3.05, 3.63) is 119 Å². The van der Waals surface area contributed by atoms with Gasteiger partial charge in [0.05, 0.1) is 17.6 Å². The van der Waals surface area contributed by atoms with Gasteiger partial charge in [-0.2, -0.15) is 0 Å². The molecule has 4 aromatic carbocycles. The third kappa shape index (κ3) is 7.77. The van der Waals surface area contributed by atoms with E-state index < -0.39 is 8.03 Å². The highest BCUT2D eigenvalue weighted by molar-refractivity contribution is 7.38. The molecule has 7 heteroatoms. The van der Waals surface area contributed by atoms with Crippen LogP contribution in [0.25, 0.3) is 22.4 Å². The molecule has 0 amide bonds. The van der Waals surface area contributed by atoms with Crippen molar-refractivity contribution >= 4 is 19.1 Å². The van der Waals surface area contributed by atoms with Crippen molar-refractivity contribution in [2.45, 2.75) is 45.5 Å². The van der Waals surface area contributed by atoms with Gasteiger partial charge in [0, 0.05) is 17.7 Å². The zero-order valence-corrected chi connectivity index (χ0v) is 25.6. The molecule has 1 atom stereocenters. The fourth-order valence-electron chi connectivity index (χ4n) is 5.94. The molecule has 1 fully saturated rings. The number of imidazole rings is 1. The fraction of sp³-hybridized carbons (Fsp3) is 0.306. The molecule has 6 rings (SSSR count). The fourth-order valence-corrected chi connectivity index (χ4v) is 6.81. The Kier molecular flexibility index (Phi) is 9.59. The van der Waals surface area contributed by atoms with Crippen LogP contribution < -0.4 is 4.74 Å². The number of rotatable bonds is 12. The molecule has 6 nitrogen and oxygen atoms in total. The predicted molar refractivity (Wildman–Crippen MR) is 173 cm³/mol. The SMILES string of the molecule is CCO[P+](=O)Cc1cccc(COc2ccccc2CC2CCN(Cc3ccc4nc(-c5ccccc5)[nH]c4c3)CC2)c1. The first kappa shape index (κ1) is 29.3. The molecule has 220 valence electrons. The van der Waals surface area contributed by atoms with Gasteiger partial charge in [-0.25, -0.2) is 4.98 Å². The van der Waals surface area contributed by atoms with Crippen LogP contribution in [0.3, 0.4) is 0 Å². The van der Waals surface area contributed by atoms with Crippen molar-refractivity contribution in [3.63, 3.8) is 0 Å². The standard InChI is InChI=1S/C36H39N3O3P/c1-2-42-43(40)26-30-10-8-9-29(21-30)25-41-35-14-7-6-13-32(35)22-27-17-19-39(20-18-27)24-28-15-16-33-34(23-28)38-36(37-33)31-11-4-3-5-12-31/h3-16,21,23,27H,2,17-20,22,24-26H2,1H3,(H,37,38)/q+1. The van der Waals surface area contributed by atoms with Gasteiger partial charge in [-0.05, 0) is 90.7 Å². The van der Waals surface area contributed by atoms with E-state index in [0.29, 0.717) is 25.3 Å². The van der Waals surface area contributed by atoms with Crippen LogP contribution in [0, 0.1) is 5.92 Å². The van der Waals surface area contributed by atoms with E-state index in [1.54, 1.807) is 0 Å². The molecule has 0 radical (unpaired) electrons. The maximum Gasteiger partial charge on any atom is 0.512 e. The van der Waals surface area contributed by atoms with Crippen molar-refractivity contribution in [1.82, 2.24) is 14.9 Å². The van der Waals surface area contributed by atoms with Crippen LogP contribution in [-0.4, -0.2) is 34.6 Å². The summed E-state index contributed by atoms with van der Waals surface area (Å²) in [5.41, 5.74) is 7.89. The molecule has 0 aliphatic carbocycles. The Morgan fingerprint density at radius 2 is 1.67 bits per heavy atom. The first-order valence-electron chi connectivity index (χ1n) is 15.3. The topological polar surface area (TPSA) is 67.5 Å². The number of hydrogen-bond donors (Lipinski definition) is 1. The van der Waals surface area contributed by atoms with E-state index >= 15 is 0 Å². The number of H-pyrrole nitrogens is 1. The third-order valence-corrected chi connectivity index (χ3v) is 9.33. The number of likely N-dealkylation sites (tertiary alicyclic amines) is 1. The molecular weight excluding hydrogens is 553 g/mol. The molecule has 43 heavy (non-hydrogen) atoms. The number of nitrogens with one attached hydrogen (secondary N) is 1. The Morgan fingerprint density at radius 1 is 0.884 bits per heavy atom. The van der Waals surface area contributed by atoms with E-state index in [2.05, 4.69) is 70.5 Å². The summed E-state index contributed by atoms with van der Waals surface area (Å²) in [6.07, 6.45) is 3.82. The lowest BCUT2D eigenvalue weighted by Gasteiger charge is -2.32. The van der Waals surface area contributed by atoms with Gasteiger partial charge in [-0.15, -0.1) is 4.52 Å². The van der Waals surface area contributed by atoms with Gasteiger partial charge in [0.1, 0.15) is 18.2 Å². The van der Waals surface area contributed by atoms with E-state index in [4.69, 9.17) is 14.2 Å². The van der Waals surface area contributed by atoms with Crippen LogP contribution in [0.15, 0.2) is 97.1 Å². The summed E-state index contributed by atoms with van der Waals surface area (Å²) in [5, 5.41) is 0. The predicted octanol–water partition coefficient (Wildman–Crippen LogP) is 8.54. The molecule has 1 aliphatic heterocycles. The lowest BCUT2D eigenvalue weighted by atomic mass is 9.89. The van der Waals surface area contributed by atoms with Gasteiger partial charge in [-0.3, -0.25) is 4.90 Å². The van der Waals surface area contributed by atoms with E-state index in [0.717, 1.165) is 65.4 Å². The van der Waals surface area contributed by atoms with E-state index in [1.165, 1.54) is 24.0 Å². The van der Waals surface area contributed by atoms with Gasteiger partial charge in [0.25, 0.3) is 0 Å². The van der Waals surface area contributed by atoms with E-state index in [-0.39, 0.29) is 0 Å². The molecule has 5 aromatic rings. The van der Waals surface area contributed by atoms with Crippen molar-refractivity contribution < 1.29 is 13.8 Å². The maximum absolute atomic E-state index is 12.0. The molecule has 1 aliphatic rings. The number of ether oxygens (including phenoxy) is 1. The summed E-state index contributed by atoms with van der Waals surface area (Å²) in [6.45, 7) is 5.97. The van der Waals surface area contributed by atoms with Crippen molar-refractivity contribution in [3.8, 4) is 17.1 Å². The summed E-state index contributed by atoms with van der Waals surface area (Å²) in [7, 11) is -1.67. The number of nitrogens with zero attached hydrogens (tertiary/aromatic N) is 2. The summed E-state index contributed by atoms with van der Waals surface area (Å²) in [5.74, 6) is 2.52. The summed E-state index contributed by atoms with van der Waals surface area (Å²) in [6, 6.07) is 33.4. The quantitative estimate of drug-likeness (QED) is 0.147. The van der Waals surface area contributed by atoms with Gasteiger partial charge in [-0.1, -0.05) is 72.8 Å². The minimum atomic E-state index is -1.67. The monoisotopic (exact) mass is 592 g/mol. The Bertz CT molecular complexity index is 1660. The van der Waals surface area contributed by atoms with E-state index in [9.17, 15) is 4.57 Å². The maximum atomic E-state index is 12.0. The average molecular weight is 593 g/mol. The summed E-state index contributed by atoms with van der Waals surface area (Å²) < 4.78 is 23.6.